The number of hydrogen-bond donors (Lipinski definition) is 12. The molecule has 1 aliphatic heterocycles. The van der Waals surface area contributed by atoms with Crippen molar-refractivity contribution in [3.8, 4) is 5.75 Å². The Hall–Kier alpha value is -5.54. The number of aliphatic hydroxyl groups excluding tert-OH is 1. The largest absolute Gasteiger partial charge is 1.00 e. The monoisotopic (exact) mass is 1060 g/mol. The van der Waals surface area contributed by atoms with Crippen LogP contribution in [0, 0.1) is 11.8 Å². The summed E-state index contributed by atoms with van der Waals surface area (Å²) < 4.78 is 0. The van der Waals surface area contributed by atoms with Gasteiger partial charge in [0.15, 0.2) is 0 Å². The van der Waals surface area contributed by atoms with Crippen LogP contribution in [0.3, 0.4) is 0 Å². The molecule has 0 bridgehead atoms. The molecular formula is C46H71N10NaO15S. The maximum Gasteiger partial charge on any atom is 1.00 e. The van der Waals surface area contributed by atoms with Crippen LogP contribution in [0.5, 0.6) is 5.75 Å². The van der Waals surface area contributed by atoms with E-state index in [1.165, 1.54) is 54.8 Å². The number of hydrogen-bond acceptors (Lipinski definition) is 16. The number of nitrogens with zero attached hydrogens (tertiary/aromatic N) is 1. The number of amides is 9. The normalized spacial score (nSPS) is 16.8. The molecule has 402 valence electrons. The molecule has 13 N–H and O–H groups in total. The van der Waals surface area contributed by atoms with E-state index in [0.29, 0.717) is 17.7 Å². The van der Waals surface area contributed by atoms with Crippen molar-refractivity contribution in [3.63, 3.8) is 0 Å². The van der Waals surface area contributed by atoms with Crippen molar-refractivity contribution in [2.24, 2.45) is 17.6 Å². The predicted molar refractivity (Wildman–Crippen MR) is 259 cm³/mol. The van der Waals surface area contributed by atoms with Crippen LogP contribution in [0.2, 0.25) is 0 Å². The van der Waals surface area contributed by atoms with Gasteiger partial charge in [-0.25, -0.2) is 0 Å². The third-order valence-electron chi connectivity index (χ3n) is 11.4. The molecule has 0 spiro atoms. The number of carbonyl (C=O) groups excluding carboxylic acids is 10. The van der Waals surface area contributed by atoms with Crippen molar-refractivity contribution in [2.45, 2.75) is 147 Å². The molecule has 0 aliphatic carbocycles. The zero-order valence-electron chi connectivity index (χ0n) is 42.8. The molecular weight excluding hydrogens is 988 g/mol. The number of carboxylic acids is 2. The van der Waals surface area contributed by atoms with E-state index in [2.05, 4.69) is 42.5 Å². The number of rotatable bonds is 29. The average Bonchev–Trinajstić information content (AvgIpc) is 3.80. The molecule has 1 aromatic carbocycles. The maximum atomic E-state index is 14.0. The number of thioether (sulfide) groups is 1. The molecule has 2 rings (SSSR count). The van der Waals surface area contributed by atoms with E-state index in [1.54, 1.807) is 34.0 Å². The van der Waals surface area contributed by atoms with Crippen molar-refractivity contribution < 1.29 is 103 Å². The van der Waals surface area contributed by atoms with Gasteiger partial charge >= 0.3 is 35.5 Å². The molecule has 10 atom stereocenters. The van der Waals surface area contributed by atoms with E-state index >= 15 is 0 Å². The van der Waals surface area contributed by atoms with Crippen molar-refractivity contribution in [1.29, 1.82) is 0 Å². The summed E-state index contributed by atoms with van der Waals surface area (Å²) in [5, 5.41) is 60.1. The number of nitrogens with two attached hydrogens (primary N) is 1. The summed E-state index contributed by atoms with van der Waals surface area (Å²) in [5.41, 5.74) is 5.99. The molecule has 1 aromatic rings. The van der Waals surface area contributed by atoms with Gasteiger partial charge in [-0.3, -0.25) is 47.9 Å². The topological polar surface area (TPSA) is 397 Å². The number of nitrogens with one attached hydrogen (secondary N) is 8. The van der Waals surface area contributed by atoms with Gasteiger partial charge in [0.1, 0.15) is 60.1 Å². The number of carboxylic acid groups (broad SMARTS) is 2. The second kappa shape index (κ2) is 31.9. The molecule has 9 amide bonds. The van der Waals surface area contributed by atoms with Gasteiger partial charge in [0, 0.05) is 25.4 Å². The van der Waals surface area contributed by atoms with E-state index in [9.17, 15) is 73.2 Å². The fraction of sp³-hybridized carbons (Fsp3) is 0.630. The van der Waals surface area contributed by atoms with Crippen LogP contribution in [0.15, 0.2) is 24.3 Å². The van der Waals surface area contributed by atoms with E-state index in [4.69, 9.17) is 5.73 Å². The van der Waals surface area contributed by atoms with Gasteiger partial charge in [0.2, 0.25) is 53.2 Å². The Balaban J connectivity index is 0.0000266. The zero-order chi connectivity index (χ0) is 54.6. The Bertz CT molecular complexity index is 2100. The van der Waals surface area contributed by atoms with Gasteiger partial charge in [-0.15, -0.1) is 0 Å². The van der Waals surface area contributed by atoms with Crippen molar-refractivity contribution in [1.82, 2.24) is 47.4 Å². The second-order valence-corrected chi connectivity index (χ2v) is 19.3. The minimum absolute atomic E-state index is 0. The standard InChI is InChI=1S/C46H72N10O15S.Na/c1-22(2)18-30(52-39(63)29(15-17-72-8)50-43(67)34-10-9-16-56(34)45(69)33(21-57)54-37(61)24(5)47)42(66)55-36(23(3)4)44(68)48-25(6)38(62)51-31(19-27-11-13-28(58)14-12-27)41(65)53-32(20-35(59)60)40(64)49-26(7)46(70)71;/h11-14,22-26,29-34,36,57-58H,9-10,15-21,47H2,1-8H3,(H,48,68)(H,49,64)(H,50,67)(H,51,62)(H,52,63)(H,53,65)(H,54,61)(H,55,66)(H,59,60)(H,70,71);/q;+1/p-1. The van der Waals surface area contributed by atoms with Crippen molar-refractivity contribution in [2.75, 3.05) is 25.2 Å². The van der Waals surface area contributed by atoms with Gasteiger partial charge < -0.3 is 78.4 Å². The number of benzene rings is 1. The Morgan fingerprint density at radius 3 is 1.77 bits per heavy atom. The molecule has 1 saturated heterocycles. The van der Waals surface area contributed by atoms with Crippen molar-refractivity contribution >= 4 is 76.9 Å². The van der Waals surface area contributed by atoms with Gasteiger partial charge in [-0.1, -0.05) is 39.8 Å². The third-order valence-corrected chi connectivity index (χ3v) is 12.0. The number of aliphatic carboxylic acids is 2. The molecule has 73 heavy (non-hydrogen) atoms. The number of aliphatic hydroxyl groups is 1. The molecule has 1 aliphatic rings. The molecule has 1 heterocycles. The minimum atomic E-state index is -1.84. The maximum absolute atomic E-state index is 14.0. The average molecular weight is 1060 g/mol. The van der Waals surface area contributed by atoms with Crippen LogP contribution in [-0.4, -0.2) is 171 Å². The summed E-state index contributed by atoms with van der Waals surface area (Å²) in [6.45, 7) is 9.98. The third kappa shape index (κ3) is 21.8. The fourth-order valence-electron chi connectivity index (χ4n) is 7.29. The van der Waals surface area contributed by atoms with E-state index in [-0.39, 0.29) is 73.5 Å². The fourth-order valence-corrected chi connectivity index (χ4v) is 7.77. The Morgan fingerprint density at radius 2 is 1.23 bits per heavy atom. The molecule has 1 fully saturated rings. The minimum Gasteiger partial charge on any atom is -0.550 e. The van der Waals surface area contributed by atoms with Gasteiger partial charge in [0.25, 0.3) is 0 Å². The van der Waals surface area contributed by atoms with E-state index < -0.39 is 144 Å². The summed E-state index contributed by atoms with van der Waals surface area (Å²) >= 11 is 1.39. The molecule has 0 radical (unpaired) electrons. The van der Waals surface area contributed by atoms with Crippen LogP contribution >= 0.6 is 11.8 Å². The number of aromatic hydroxyl groups is 1. The smallest absolute Gasteiger partial charge is 0.550 e. The van der Waals surface area contributed by atoms with Crippen LogP contribution in [0.1, 0.15) is 86.1 Å². The Morgan fingerprint density at radius 1 is 0.699 bits per heavy atom. The second-order valence-electron chi connectivity index (χ2n) is 18.4. The summed E-state index contributed by atoms with van der Waals surface area (Å²) in [6.07, 6.45) is 1.30. The summed E-state index contributed by atoms with van der Waals surface area (Å²) in [4.78, 5) is 145. The Labute approximate surface area is 450 Å². The number of likely N-dealkylation sites (tertiary alicyclic amines) is 1. The zero-order valence-corrected chi connectivity index (χ0v) is 45.6. The SMILES string of the molecule is CSCCC(NC(=O)C1CCCN1C(=O)C(CO)NC(=O)C(C)N)C(=O)NC(CC(C)C)C(=O)NC(C(=O)NC(C)C(=O)NC(Cc1ccc(O)cc1)C(=O)NC(CC(=O)[O-])C(=O)NC(C)C(=O)O)C(C)C.[Na+]. The summed E-state index contributed by atoms with van der Waals surface area (Å²) in [6, 6.07) is -7.88. The first kappa shape index (κ1) is 65.5. The molecule has 10 unspecified atom stereocenters. The number of carbonyl (C=O) groups is 11. The van der Waals surface area contributed by atoms with Crippen LogP contribution in [-0.2, 0) is 59.2 Å². The molecule has 0 saturated carbocycles. The molecule has 25 nitrogen and oxygen atoms in total. The van der Waals surface area contributed by atoms with Gasteiger partial charge in [0.05, 0.1) is 12.6 Å². The van der Waals surface area contributed by atoms with E-state index in [0.717, 1.165) is 6.92 Å². The van der Waals surface area contributed by atoms with Crippen LogP contribution in [0.4, 0.5) is 0 Å². The van der Waals surface area contributed by atoms with E-state index in [1.807, 2.05) is 0 Å². The number of phenolic OH excluding ortho intramolecular Hbond substituents is 1. The quantitative estimate of drug-likeness (QED) is 0.0332. The van der Waals surface area contributed by atoms with Gasteiger partial charge in [-0.05, 0) is 88.0 Å². The van der Waals surface area contributed by atoms with Crippen LogP contribution in [0.25, 0.3) is 0 Å². The molecule has 0 aromatic heterocycles. The first-order valence-corrected chi connectivity index (χ1v) is 24.9. The first-order chi connectivity index (χ1) is 33.7. The molecule has 27 heteroatoms. The Kier molecular flexibility index (Phi) is 28.6. The van der Waals surface area contributed by atoms with Gasteiger partial charge in [-0.2, -0.15) is 11.8 Å². The summed E-state index contributed by atoms with van der Waals surface area (Å²) in [5.74, 6) is -11.3. The number of phenols is 1. The predicted octanol–water partition coefficient (Wildman–Crippen LogP) is -7.13. The van der Waals surface area contributed by atoms with Crippen molar-refractivity contribution in [3.05, 3.63) is 29.8 Å². The first-order valence-electron chi connectivity index (χ1n) is 23.5. The van der Waals surface area contributed by atoms with Crippen LogP contribution < -0.4 is 82.9 Å². The summed E-state index contributed by atoms with van der Waals surface area (Å²) in [7, 11) is 0.